The molecule has 0 spiro atoms. The number of carbonyl (C=O) groups is 5. The number of carbonyl (C=O) groups excluding carboxylic acids is 5. The predicted molar refractivity (Wildman–Crippen MR) is 153 cm³/mol. The van der Waals surface area contributed by atoms with E-state index in [1.54, 1.807) is 19.1 Å². The third-order valence-corrected chi connectivity index (χ3v) is 10.1. The van der Waals surface area contributed by atoms with Crippen LogP contribution in [0.5, 0.6) is 0 Å². The summed E-state index contributed by atoms with van der Waals surface area (Å²) in [6, 6.07) is 3.35. The number of hydrogen-bond acceptors (Lipinski definition) is 8. The topological polar surface area (TPSA) is 171 Å². The van der Waals surface area contributed by atoms with Crippen molar-refractivity contribution in [1.29, 1.82) is 0 Å². The van der Waals surface area contributed by atoms with E-state index >= 15 is 0 Å². The van der Waals surface area contributed by atoms with Crippen molar-refractivity contribution in [2.24, 2.45) is 5.92 Å². The zero-order valence-electron chi connectivity index (χ0n) is 24.1. The number of amides is 5. The average Bonchev–Trinajstić information content (AvgIpc) is 3.86. The Morgan fingerprint density at radius 3 is 2.57 bits per heavy atom. The largest absolute Gasteiger partial charge is 0.444 e. The summed E-state index contributed by atoms with van der Waals surface area (Å²) in [6.07, 6.45) is 3.33. The second-order valence-electron chi connectivity index (χ2n) is 11.4. The lowest BCUT2D eigenvalue weighted by Crippen LogP contribution is -2.57. The molecule has 44 heavy (non-hydrogen) atoms. The maximum atomic E-state index is 14.2. The van der Waals surface area contributed by atoms with Crippen LogP contribution in [-0.4, -0.2) is 84.0 Å². The van der Waals surface area contributed by atoms with Gasteiger partial charge in [-0.1, -0.05) is 24.3 Å². The van der Waals surface area contributed by atoms with Crippen LogP contribution in [0.4, 0.5) is 9.18 Å². The van der Waals surface area contributed by atoms with Crippen molar-refractivity contribution in [1.82, 2.24) is 25.2 Å². The molecule has 4 unspecified atom stereocenters. The van der Waals surface area contributed by atoms with E-state index in [-0.39, 0.29) is 32.5 Å². The molecule has 2 aliphatic carbocycles. The van der Waals surface area contributed by atoms with Crippen molar-refractivity contribution >= 4 is 39.7 Å². The van der Waals surface area contributed by atoms with Crippen LogP contribution in [0.2, 0.25) is 0 Å². The first kappa shape index (κ1) is 31.2. The zero-order chi connectivity index (χ0) is 31.8. The van der Waals surface area contributed by atoms with E-state index in [4.69, 9.17) is 4.74 Å². The molecule has 4 aliphatic rings. The fraction of sp³-hybridized carbons (Fsp3) is 0.483. The molecule has 0 aromatic heterocycles. The Morgan fingerprint density at radius 2 is 1.93 bits per heavy atom. The van der Waals surface area contributed by atoms with E-state index < -0.39 is 81.0 Å². The number of nitrogens with zero attached hydrogens (tertiary/aromatic N) is 2. The Balaban J connectivity index is 1.29. The molecule has 0 radical (unpaired) electrons. The SMILES string of the molecule is C=CC1CC1(NC(=O)C1CC(OC(=O)N2Cc3cccc(F)c3C2)CN1C(=O)CNC(=O)C=CC)C(=O)NS(=O)(=O)C1CC1. The van der Waals surface area contributed by atoms with Crippen molar-refractivity contribution < 1.29 is 41.5 Å². The average molecular weight is 632 g/mol. The van der Waals surface area contributed by atoms with E-state index in [1.165, 1.54) is 29.2 Å². The van der Waals surface area contributed by atoms with Gasteiger partial charge >= 0.3 is 6.09 Å². The summed E-state index contributed by atoms with van der Waals surface area (Å²) in [4.78, 5) is 67.4. The molecule has 13 nitrogen and oxygen atoms in total. The third-order valence-electron chi connectivity index (χ3n) is 8.32. The van der Waals surface area contributed by atoms with Crippen LogP contribution in [0.25, 0.3) is 0 Å². The number of ether oxygens (including phenoxy) is 1. The van der Waals surface area contributed by atoms with Crippen molar-refractivity contribution in [3.05, 3.63) is 60.0 Å². The normalized spacial score (nSPS) is 25.7. The number of halogens is 1. The Morgan fingerprint density at radius 1 is 1.18 bits per heavy atom. The van der Waals surface area contributed by atoms with Crippen LogP contribution >= 0.6 is 0 Å². The van der Waals surface area contributed by atoms with Gasteiger partial charge in [-0.05, 0) is 43.9 Å². The van der Waals surface area contributed by atoms with Crippen LogP contribution < -0.4 is 15.4 Å². The van der Waals surface area contributed by atoms with E-state index in [1.807, 2.05) is 0 Å². The molecule has 1 aromatic rings. The molecular formula is C29H34FN5O8S. The summed E-state index contributed by atoms with van der Waals surface area (Å²) in [5.41, 5.74) is -0.543. The molecule has 5 amide bonds. The molecule has 3 N–H and O–H groups in total. The van der Waals surface area contributed by atoms with Gasteiger partial charge in [0.2, 0.25) is 27.7 Å². The quantitative estimate of drug-likeness (QED) is 0.249. The number of hydrogen-bond donors (Lipinski definition) is 3. The van der Waals surface area contributed by atoms with Crippen molar-refractivity contribution in [2.75, 3.05) is 13.1 Å². The minimum absolute atomic E-state index is 0.00142. The molecule has 0 bridgehead atoms. The lowest BCUT2D eigenvalue weighted by Gasteiger charge is -2.26. The van der Waals surface area contributed by atoms with Gasteiger partial charge in [0.15, 0.2) is 0 Å². The zero-order valence-corrected chi connectivity index (χ0v) is 24.9. The fourth-order valence-corrected chi connectivity index (χ4v) is 6.99. The number of sulfonamides is 1. The van der Waals surface area contributed by atoms with Crippen LogP contribution in [0.15, 0.2) is 43.0 Å². The summed E-state index contributed by atoms with van der Waals surface area (Å²) < 4.78 is 46.8. The summed E-state index contributed by atoms with van der Waals surface area (Å²) in [5, 5.41) is 4.41. The molecule has 2 heterocycles. The number of benzene rings is 1. The van der Waals surface area contributed by atoms with E-state index in [0.29, 0.717) is 24.0 Å². The van der Waals surface area contributed by atoms with Gasteiger partial charge in [0.25, 0.3) is 5.91 Å². The smallest absolute Gasteiger partial charge is 0.410 e. The number of rotatable bonds is 10. The van der Waals surface area contributed by atoms with E-state index in [2.05, 4.69) is 21.9 Å². The van der Waals surface area contributed by atoms with Crippen LogP contribution in [0, 0.1) is 11.7 Å². The van der Waals surface area contributed by atoms with Crippen molar-refractivity contribution in [2.45, 2.75) is 68.6 Å². The van der Waals surface area contributed by atoms with Gasteiger partial charge in [0, 0.05) is 24.4 Å². The molecule has 4 atom stereocenters. The van der Waals surface area contributed by atoms with Gasteiger partial charge in [0.05, 0.1) is 24.9 Å². The third kappa shape index (κ3) is 6.32. The lowest BCUT2D eigenvalue weighted by atomic mass is 10.1. The van der Waals surface area contributed by atoms with Gasteiger partial charge in [-0.15, -0.1) is 6.58 Å². The van der Waals surface area contributed by atoms with Gasteiger partial charge in [-0.3, -0.25) is 28.8 Å². The summed E-state index contributed by atoms with van der Waals surface area (Å²) in [5.74, 6) is -3.78. The molecule has 15 heteroatoms. The van der Waals surface area contributed by atoms with E-state index in [9.17, 15) is 36.8 Å². The number of allylic oxidation sites excluding steroid dienone is 1. The molecule has 1 saturated heterocycles. The monoisotopic (exact) mass is 631 g/mol. The Hall–Kier alpha value is -4.27. The summed E-state index contributed by atoms with van der Waals surface area (Å²) in [7, 11) is -3.89. The fourth-order valence-electron chi connectivity index (χ4n) is 5.63. The Kier molecular flexibility index (Phi) is 8.51. The molecule has 2 saturated carbocycles. The minimum Gasteiger partial charge on any atom is -0.444 e. The first-order valence-corrected chi connectivity index (χ1v) is 15.9. The second kappa shape index (κ2) is 12.0. The lowest BCUT2D eigenvalue weighted by molar-refractivity contribution is -0.139. The van der Waals surface area contributed by atoms with E-state index in [0.717, 1.165) is 4.90 Å². The van der Waals surface area contributed by atoms with Crippen LogP contribution in [0.1, 0.15) is 43.7 Å². The van der Waals surface area contributed by atoms with Gasteiger partial charge in [0.1, 0.15) is 23.5 Å². The number of likely N-dealkylation sites (tertiary alicyclic amines) is 1. The highest BCUT2D eigenvalue weighted by Crippen LogP contribution is 2.45. The van der Waals surface area contributed by atoms with Gasteiger partial charge in [-0.2, -0.15) is 0 Å². The molecule has 1 aromatic carbocycles. The molecule has 2 aliphatic heterocycles. The van der Waals surface area contributed by atoms with Gasteiger partial charge in [-0.25, -0.2) is 17.6 Å². The highest BCUT2D eigenvalue weighted by molar-refractivity contribution is 7.91. The molecule has 3 fully saturated rings. The standard InChI is InChI=1S/C29H34FN5O8S/c1-3-6-24(36)31-13-25(37)35-15-19(43-28(40)34-14-17-7-5-8-22(30)21(17)16-34)11-23(35)26(38)32-29(12-18(29)4-2)27(39)33-44(41,42)20-9-10-20/h3-8,18-20,23H,2,9-16H2,1H3,(H,31,36)(H,32,38)(H,33,39). The summed E-state index contributed by atoms with van der Waals surface area (Å²) >= 11 is 0. The van der Waals surface area contributed by atoms with Crippen LogP contribution in [-0.2, 0) is 47.0 Å². The first-order chi connectivity index (χ1) is 20.9. The Labute approximate surface area is 253 Å². The van der Waals surface area contributed by atoms with Gasteiger partial charge < -0.3 is 20.3 Å². The highest BCUT2D eigenvalue weighted by Gasteiger charge is 2.62. The predicted octanol–water partition coefficient (Wildman–Crippen LogP) is 0.609. The van der Waals surface area contributed by atoms with Crippen molar-refractivity contribution in [3.63, 3.8) is 0 Å². The maximum absolute atomic E-state index is 14.2. The van der Waals surface area contributed by atoms with Crippen LogP contribution in [0.3, 0.4) is 0 Å². The molecule has 236 valence electrons. The highest BCUT2D eigenvalue weighted by atomic mass is 32.2. The first-order valence-electron chi connectivity index (χ1n) is 14.3. The number of nitrogens with one attached hydrogen (secondary N) is 3. The molecular weight excluding hydrogens is 597 g/mol. The molecule has 5 rings (SSSR count). The summed E-state index contributed by atoms with van der Waals surface area (Å²) in [6.45, 7) is 4.80. The van der Waals surface area contributed by atoms with Crippen molar-refractivity contribution in [3.8, 4) is 0 Å². The Bertz CT molecular complexity index is 1540. The maximum Gasteiger partial charge on any atom is 0.410 e. The number of fused-ring (bicyclic) bond motifs is 1. The second-order valence-corrected chi connectivity index (χ2v) is 13.4. The minimum atomic E-state index is -3.89.